The van der Waals surface area contributed by atoms with Crippen molar-refractivity contribution in [2.45, 2.75) is 50.5 Å². The Balaban J connectivity index is 1.87. The number of nitrogens with zero attached hydrogens (tertiary/aromatic N) is 1. The van der Waals surface area contributed by atoms with Crippen LogP contribution in [0, 0.1) is 0 Å². The number of sulfonamides is 1. The van der Waals surface area contributed by atoms with Crippen molar-refractivity contribution in [1.29, 1.82) is 0 Å². The van der Waals surface area contributed by atoms with Crippen molar-refractivity contribution in [2.75, 3.05) is 18.4 Å². The molecule has 0 aromatic heterocycles. The van der Waals surface area contributed by atoms with Gasteiger partial charge in [0.2, 0.25) is 21.8 Å². The van der Waals surface area contributed by atoms with Crippen LogP contribution < -0.4 is 10.0 Å². The summed E-state index contributed by atoms with van der Waals surface area (Å²) in [6.45, 7) is 4.69. The third-order valence-corrected chi connectivity index (χ3v) is 6.69. The topological polar surface area (TPSA) is 95.6 Å². The van der Waals surface area contributed by atoms with Crippen molar-refractivity contribution in [3.8, 4) is 0 Å². The lowest BCUT2D eigenvalue weighted by molar-refractivity contribution is -0.130. The zero-order valence-electron chi connectivity index (χ0n) is 16.8. The number of carbonyl (C=O) groups is 2. The smallest absolute Gasteiger partial charge is 0.241 e. The Morgan fingerprint density at radius 3 is 2.55 bits per heavy atom. The Kier molecular flexibility index (Phi) is 6.54. The molecule has 29 heavy (non-hydrogen) atoms. The summed E-state index contributed by atoms with van der Waals surface area (Å²) >= 11 is 0. The van der Waals surface area contributed by atoms with Crippen LogP contribution >= 0.6 is 0 Å². The van der Waals surface area contributed by atoms with Gasteiger partial charge in [0.15, 0.2) is 0 Å². The molecule has 0 bridgehead atoms. The SMILES string of the molecule is CCCN1CCC(NS(=O)(=O)c2ccc(NC(C)=O)c3ccccc23)CCC1=O. The molecule has 2 N–H and O–H groups in total. The van der Waals surface area contributed by atoms with Crippen molar-refractivity contribution in [3.05, 3.63) is 36.4 Å². The second-order valence-corrected chi connectivity index (χ2v) is 9.05. The van der Waals surface area contributed by atoms with Gasteiger partial charge in [0.1, 0.15) is 0 Å². The number of rotatable bonds is 6. The largest absolute Gasteiger partial charge is 0.343 e. The summed E-state index contributed by atoms with van der Waals surface area (Å²) in [6.07, 6.45) is 2.30. The molecule has 2 amide bonds. The third-order valence-electron chi connectivity index (χ3n) is 5.11. The quantitative estimate of drug-likeness (QED) is 0.755. The number of carbonyl (C=O) groups excluding carboxylic acids is 2. The Morgan fingerprint density at radius 2 is 1.86 bits per heavy atom. The lowest BCUT2D eigenvalue weighted by atomic mass is 10.1. The minimum atomic E-state index is -3.79. The summed E-state index contributed by atoms with van der Waals surface area (Å²) in [5.41, 5.74) is 0.572. The predicted molar refractivity (Wildman–Crippen MR) is 113 cm³/mol. The van der Waals surface area contributed by atoms with Gasteiger partial charge >= 0.3 is 0 Å². The molecular weight excluding hydrogens is 390 g/mol. The fraction of sp³-hybridized carbons (Fsp3) is 0.429. The zero-order valence-corrected chi connectivity index (χ0v) is 17.6. The lowest BCUT2D eigenvalue weighted by Gasteiger charge is -2.20. The number of nitrogens with one attached hydrogen (secondary N) is 2. The van der Waals surface area contributed by atoms with Crippen molar-refractivity contribution in [1.82, 2.24) is 9.62 Å². The summed E-state index contributed by atoms with van der Waals surface area (Å²) in [5, 5.41) is 3.95. The van der Waals surface area contributed by atoms with Crippen LogP contribution in [0.5, 0.6) is 0 Å². The van der Waals surface area contributed by atoms with Crippen molar-refractivity contribution >= 4 is 38.3 Å². The van der Waals surface area contributed by atoms with Crippen LogP contribution in [0.3, 0.4) is 0 Å². The summed E-state index contributed by atoms with van der Waals surface area (Å²) in [7, 11) is -3.79. The maximum atomic E-state index is 13.2. The zero-order chi connectivity index (χ0) is 21.0. The van der Waals surface area contributed by atoms with E-state index in [1.165, 1.54) is 13.0 Å². The predicted octanol–water partition coefficient (Wildman–Crippen LogP) is 2.87. The number of anilines is 1. The Hall–Kier alpha value is -2.45. The van der Waals surface area contributed by atoms with Gasteiger partial charge in [0.25, 0.3) is 0 Å². The molecule has 1 aliphatic rings. The monoisotopic (exact) mass is 417 g/mol. The molecule has 7 nitrogen and oxygen atoms in total. The van der Waals surface area contributed by atoms with Gasteiger partial charge < -0.3 is 10.2 Å². The molecule has 0 saturated carbocycles. The second kappa shape index (κ2) is 8.92. The highest BCUT2D eigenvalue weighted by Gasteiger charge is 2.27. The fourth-order valence-electron chi connectivity index (χ4n) is 3.75. The van der Waals surface area contributed by atoms with E-state index < -0.39 is 10.0 Å². The average Bonchev–Trinajstić information content (AvgIpc) is 2.84. The molecule has 1 fully saturated rings. The van der Waals surface area contributed by atoms with Crippen LogP contribution in [0.1, 0.15) is 39.5 Å². The van der Waals surface area contributed by atoms with E-state index in [0.29, 0.717) is 48.8 Å². The van der Waals surface area contributed by atoms with Gasteiger partial charge in [-0.2, -0.15) is 0 Å². The Bertz CT molecular complexity index is 1020. The summed E-state index contributed by atoms with van der Waals surface area (Å²) < 4.78 is 29.1. The number of hydrogen-bond donors (Lipinski definition) is 2. The number of fused-ring (bicyclic) bond motifs is 1. The Morgan fingerprint density at radius 1 is 1.14 bits per heavy atom. The molecule has 8 heteroatoms. The molecule has 3 rings (SSSR count). The van der Waals surface area contributed by atoms with Crippen molar-refractivity contribution in [3.63, 3.8) is 0 Å². The van der Waals surface area contributed by atoms with Crippen LogP contribution in [0.15, 0.2) is 41.3 Å². The number of amides is 2. The van der Waals surface area contributed by atoms with E-state index in [1.54, 1.807) is 30.3 Å². The van der Waals surface area contributed by atoms with E-state index in [-0.39, 0.29) is 22.8 Å². The molecule has 0 radical (unpaired) electrons. The van der Waals surface area contributed by atoms with Gasteiger partial charge in [0.05, 0.1) is 4.90 Å². The molecule has 2 aromatic rings. The van der Waals surface area contributed by atoms with Crippen LogP contribution in [-0.2, 0) is 19.6 Å². The molecular formula is C21H27N3O4S. The first-order valence-corrected chi connectivity index (χ1v) is 11.4. The van der Waals surface area contributed by atoms with Gasteiger partial charge in [0, 0.05) is 48.9 Å². The van der Waals surface area contributed by atoms with E-state index in [2.05, 4.69) is 10.0 Å². The fourth-order valence-corrected chi connectivity index (χ4v) is 5.26. The lowest BCUT2D eigenvalue weighted by Crippen LogP contribution is -2.36. The van der Waals surface area contributed by atoms with E-state index in [4.69, 9.17) is 0 Å². The number of hydrogen-bond acceptors (Lipinski definition) is 4. The van der Waals surface area contributed by atoms with Gasteiger partial charge in [-0.15, -0.1) is 0 Å². The summed E-state index contributed by atoms with van der Waals surface area (Å²) in [4.78, 5) is 25.6. The highest BCUT2D eigenvalue weighted by Crippen LogP contribution is 2.30. The van der Waals surface area contributed by atoms with Crippen LogP contribution in [0.2, 0.25) is 0 Å². The molecule has 1 aliphatic heterocycles. The highest BCUT2D eigenvalue weighted by molar-refractivity contribution is 7.89. The minimum Gasteiger partial charge on any atom is -0.343 e. The maximum Gasteiger partial charge on any atom is 0.241 e. The Labute approximate surface area is 171 Å². The van der Waals surface area contributed by atoms with Crippen LogP contribution in [0.4, 0.5) is 5.69 Å². The molecule has 1 unspecified atom stereocenters. The molecule has 1 saturated heterocycles. The molecule has 1 atom stereocenters. The van der Waals surface area contributed by atoms with Gasteiger partial charge in [-0.25, -0.2) is 13.1 Å². The average molecular weight is 418 g/mol. The van der Waals surface area contributed by atoms with Crippen LogP contribution in [-0.4, -0.2) is 44.3 Å². The first-order chi connectivity index (χ1) is 13.8. The van der Waals surface area contributed by atoms with Crippen molar-refractivity contribution in [2.24, 2.45) is 0 Å². The number of likely N-dealkylation sites (tertiary alicyclic amines) is 1. The molecule has 1 heterocycles. The molecule has 156 valence electrons. The molecule has 0 aliphatic carbocycles. The standard InChI is InChI=1S/C21H27N3O4S/c1-3-13-24-14-12-16(8-11-21(24)26)23-29(27,28)20-10-9-19(22-15(2)25)17-6-4-5-7-18(17)20/h4-7,9-10,16,23H,3,8,11-14H2,1-2H3,(H,22,25). The third kappa shape index (κ3) is 4.94. The van der Waals surface area contributed by atoms with Crippen LogP contribution in [0.25, 0.3) is 10.8 Å². The van der Waals surface area contributed by atoms with Gasteiger partial charge in [-0.05, 0) is 31.4 Å². The summed E-state index contributed by atoms with van der Waals surface area (Å²) in [5.74, 6) is -0.137. The minimum absolute atomic E-state index is 0.0821. The second-order valence-electron chi connectivity index (χ2n) is 7.36. The highest BCUT2D eigenvalue weighted by atomic mass is 32.2. The van der Waals surface area contributed by atoms with E-state index in [9.17, 15) is 18.0 Å². The van der Waals surface area contributed by atoms with E-state index >= 15 is 0 Å². The normalized spacial score (nSPS) is 17.9. The maximum absolute atomic E-state index is 13.2. The molecule has 0 spiro atoms. The van der Waals surface area contributed by atoms with Gasteiger partial charge in [-0.1, -0.05) is 31.2 Å². The first kappa shape index (κ1) is 21.3. The molecule has 2 aromatic carbocycles. The first-order valence-electron chi connectivity index (χ1n) is 9.91. The van der Waals surface area contributed by atoms with E-state index in [0.717, 1.165) is 6.42 Å². The van der Waals surface area contributed by atoms with E-state index in [1.807, 2.05) is 11.8 Å². The number of benzene rings is 2. The van der Waals surface area contributed by atoms with Crippen molar-refractivity contribution < 1.29 is 18.0 Å². The van der Waals surface area contributed by atoms with Gasteiger partial charge in [-0.3, -0.25) is 9.59 Å². The summed E-state index contributed by atoms with van der Waals surface area (Å²) in [6, 6.07) is 9.92.